The zero-order valence-electron chi connectivity index (χ0n) is 15.2. The van der Waals surface area contributed by atoms with Gasteiger partial charge in [0.1, 0.15) is 0 Å². The number of aliphatic hydroxyl groups is 1. The summed E-state index contributed by atoms with van der Waals surface area (Å²) >= 11 is 0. The Morgan fingerprint density at radius 1 is 1.00 bits per heavy atom. The van der Waals surface area contributed by atoms with Crippen molar-refractivity contribution < 1.29 is 23.8 Å². The van der Waals surface area contributed by atoms with Crippen molar-refractivity contribution in [1.82, 2.24) is 0 Å². The number of hydrogen-bond acceptors (Lipinski definition) is 2. The van der Waals surface area contributed by atoms with E-state index in [0.717, 1.165) is 18.9 Å². The van der Waals surface area contributed by atoms with Crippen molar-refractivity contribution in [2.45, 2.75) is 83.2 Å². The van der Waals surface area contributed by atoms with E-state index in [9.17, 15) is 18.7 Å². The Hall–Kier alpha value is -1.49. The average Bonchev–Trinajstić information content (AvgIpc) is 2.53. The van der Waals surface area contributed by atoms with Gasteiger partial charge in [-0.1, -0.05) is 75.8 Å². The van der Waals surface area contributed by atoms with Crippen molar-refractivity contribution in [3.8, 4) is 0 Å². The Balaban J connectivity index is 3.89. The molecule has 0 aromatic heterocycles. The van der Waals surface area contributed by atoms with E-state index in [-0.39, 0.29) is 12.8 Å². The number of alkyl halides is 2. The number of aliphatic hydroxyl groups excluding tert-OH is 1. The van der Waals surface area contributed by atoms with E-state index < -0.39 is 24.4 Å². The van der Waals surface area contributed by atoms with E-state index >= 15 is 0 Å². The minimum Gasteiger partial charge on any atom is -0.481 e. The van der Waals surface area contributed by atoms with Gasteiger partial charge in [-0.05, 0) is 18.9 Å². The van der Waals surface area contributed by atoms with Crippen molar-refractivity contribution >= 4 is 5.97 Å². The van der Waals surface area contributed by atoms with Crippen LogP contribution in [0.3, 0.4) is 0 Å². The summed E-state index contributed by atoms with van der Waals surface area (Å²) in [4.78, 5) is 10.3. The highest BCUT2D eigenvalue weighted by molar-refractivity contribution is 5.66. The molecule has 0 aliphatic carbocycles. The summed E-state index contributed by atoms with van der Waals surface area (Å²) in [5.74, 6) is -4.06. The van der Waals surface area contributed by atoms with Gasteiger partial charge in [-0.2, -0.15) is 0 Å². The molecule has 0 aromatic carbocycles. The lowest BCUT2D eigenvalue weighted by molar-refractivity contribution is -0.137. The molecule has 0 spiro atoms. The van der Waals surface area contributed by atoms with Crippen LogP contribution in [0.5, 0.6) is 0 Å². The lowest BCUT2D eigenvalue weighted by Gasteiger charge is -2.09. The van der Waals surface area contributed by atoms with Crippen LogP contribution in [0.1, 0.15) is 71.1 Å². The number of hydrogen-bond donors (Lipinski definition) is 2. The lowest BCUT2D eigenvalue weighted by atomic mass is 10.1. The zero-order chi connectivity index (χ0) is 19.0. The van der Waals surface area contributed by atoms with Gasteiger partial charge in [0.15, 0.2) is 0 Å². The molecule has 2 N–H and O–H groups in total. The van der Waals surface area contributed by atoms with Gasteiger partial charge in [0.25, 0.3) is 5.92 Å². The van der Waals surface area contributed by atoms with Crippen LogP contribution in [0.2, 0.25) is 0 Å². The van der Waals surface area contributed by atoms with Gasteiger partial charge in [-0.15, -0.1) is 0 Å². The molecule has 3 nitrogen and oxygen atoms in total. The molecular weight excluding hydrogens is 326 g/mol. The molecule has 0 saturated heterocycles. The molecule has 0 aromatic rings. The monoisotopic (exact) mass is 358 g/mol. The van der Waals surface area contributed by atoms with Crippen LogP contribution in [0.4, 0.5) is 8.78 Å². The minimum absolute atomic E-state index is 0.0546. The highest BCUT2D eigenvalue weighted by Gasteiger charge is 2.24. The molecule has 5 heteroatoms. The summed E-state index contributed by atoms with van der Waals surface area (Å²) in [5.41, 5.74) is 0. The van der Waals surface area contributed by atoms with Gasteiger partial charge in [0.05, 0.1) is 6.10 Å². The van der Waals surface area contributed by atoms with Gasteiger partial charge >= 0.3 is 5.97 Å². The maximum absolute atomic E-state index is 13.4. The summed E-state index contributed by atoms with van der Waals surface area (Å²) in [6.07, 6.45) is 14.9. The maximum atomic E-state index is 13.4. The molecule has 0 amide bonds. The van der Waals surface area contributed by atoms with Crippen LogP contribution in [-0.4, -0.2) is 28.2 Å². The highest BCUT2D eigenvalue weighted by atomic mass is 19.3. The fraction of sp³-hybridized carbons (Fsp3) is 0.650. The molecule has 25 heavy (non-hydrogen) atoms. The van der Waals surface area contributed by atoms with Crippen molar-refractivity contribution in [3.05, 3.63) is 36.5 Å². The molecule has 0 bridgehead atoms. The van der Waals surface area contributed by atoms with Crippen molar-refractivity contribution in [3.63, 3.8) is 0 Å². The van der Waals surface area contributed by atoms with Crippen LogP contribution in [0.15, 0.2) is 36.5 Å². The number of carboxylic acid groups (broad SMARTS) is 1. The molecule has 0 heterocycles. The second-order valence-corrected chi connectivity index (χ2v) is 6.26. The lowest BCUT2D eigenvalue weighted by Crippen LogP contribution is -2.12. The van der Waals surface area contributed by atoms with Gasteiger partial charge in [0.2, 0.25) is 0 Å². The summed E-state index contributed by atoms with van der Waals surface area (Å²) in [7, 11) is 0. The molecular formula is C20H32F2O3. The van der Waals surface area contributed by atoms with E-state index in [1.165, 1.54) is 37.8 Å². The normalized spacial score (nSPS) is 14.1. The third-order valence-electron chi connectivity index (χ3n) is 3.76. The van der Waals surface area contributed by atoms with Crippen LogP contribution in [-0.2, 0) is 4.79 Å². The Kier molecular flexibility index (Phi) is 13.9. The van der Waals surface area contributed by atoms with E-state index in [1.54, 1.807) is 18.2 Å². The number of halogens is 2. The summed E-state index contributed by atoms with van der Waals surface area (Å²) in [5, 5.41) is 18.2. The van der Waals surface area contributed by atoms with Crippen molar-refractivity contribution in [1.29, 1.82) is 0 Å². The first-order chi connectivity index (χ1) is 11.9. The first kappa shape index (κ1) is 23.5. The molecule has 0 radical (unpaired) electrons. The van der Waals surface area contributed by atoms with Crippen molar-refractivity contribution in [2.75, 3.05) is 0 Å². The molecule has 0 unspecified atom stereocenters. The summed E-state index contributed by atoms with van der Waals surface area (Å²) in [6, 6.07) is 0. The predicted octanol–water partition coefficient (Wildman–Crippen LogP) is 5.66. The van der Waals surface area contributed by atoms with Crippen LogP contribution in [0.25, 0.3) is 0 Å². The third kappa shape index (κ3) is 17.1. The molecule has 0 fully saturated rings. The summed E-state index contributed by atoms with van der Waals surface area (Å²) in [6.45, 7) is 2.18. The van der Waals surface area contributed by atoms with Gasteiger partial charge in [-0.3, -0.25) is 4.79 Å². The first-order valence-corrected chi connectivity index (χ1v) is 9.18. The number of aliphatic carboxylic acids is 1. The quantitative estimate of drug-likeness (QED) is 0.293. The van der Waals surface area contributed by atoms with Crippen LogP contribution < -0.4 is 0 Å². The number of carbonyl (C=O) groups is 1. The second kappa shape index (κ2) is 14.8. The Bertz CT molecular complexity index is 429. The van der Waals surface area contributed by atoms with Crippen LogP contribution in [0, 0.1) is 0 Å². The van der Waals surface area contributed by atoms with Gasteiger partial charge < -0.3 is 10.2 Å². The number of rotatable bonds is 15. The van der Waals surface area contributed by atoms with E-state index in [0.29, 0.717) is 6.42 Å². The average molecular weight is 358 g/mol. The Morgan fingerprint density at radius 2 is 1.64 bits per heavy atom. The summed E-state index contributed by atoms with van der Waals surface area (Å²) < 4.78 is 26.8. The zero-order valence-corrected chi connectivity index (χ0v) is 15.2. The topological polar surface area (TPSA) is 57.5 Å². The fourth-order valence-corrected chi connectivity index (χ4v) is 2.31. The molecule has 0 aliphatic heterocycles. The van der Waals surface area contributed by atoms with E-state index in [4.69, 9.17) is 5.11 Å². The fourth-order valence-electron chi connectivity index (χ4n) is 2.31. The molecule has 0 aliphatic rings. The van der Waals surface area contributed by atoms with E-state index in [1.807, 2.05) is 0 Å². The Labute approximate surface area is 150 Å². The molecule has 0 rings (SSSR count). The predicted molar refractivity (Wildman–Crippen MR) is 97.9 cm³/mol. The number of unbranched alkanes of at least 4 members (excludes halogenated alkanes) is 5. The largest absolute Gasteiger partial charge is 0.481 e. The third-order valence-corrected chi connectivity index (χ3v) is 3.76. The molecule has 144 valence electrons. The SMILES string of the molecule is CCCCCCCC[C@@H](O)/C=C/C=C/C=C\C(F)(F)CCCC(=O)O. The smallest absolute Gasteiger partial charge is 0.303 e. The first-order valence-electron chi connectivity index (χ1n) is 9.18. The standard InChI is InChI=1S/C20H32F2O3/c1-2-3-4-5-6-9-13-18(23)14-10-7-8-11-16-20(21,22)17-12-15-19(24)25/h7-8,10-11,14,16,18,23H,2-6,9,12-13,15,17H2,1H3,(H,24,25)/b8-7+,14-10+,16-11-/t18-/m1/s1. The van der Waals surface area contributed by atoms with E-state index in [2.05, 4.69) is 6.92 Å². The van der Waals surface area contributed by atoms with Gasteiger partial charge in [0, 0.05) is 12.8 Å². The molecule has 0 saturated carbocycles. The second-order valence-electron chi connectivity index (χ2n) is 6.26. The van der Waals surface area contributed by atoms with Crippen molar-refractivity contribution in [2.24, 2.45) is 0 Å². The minimum atomic E-state index is -3.00. The maximum Gasteiger partial charge on any atom is 0.303 e. The number of carboxylic acids is 1. The van der Waals surface area contributed by atoms with Gasteiger partial charge in [-0.25, -0.2) is 8.78 Å². The van der Waals surface area contributed by atoms with Crippen LogP contribution >= 0.6 is 0 Å². The number of allylic oxidation sites excluding steroid dienone is 5. The Morgan fingerprint density at radius 3 is 2.32 bits per heavy atom. The molecule has 1 atom stereocenters. The highest BCUT2D eigenvalue weighted by Crippen LogP contribution is 2.22.